The summed E-state index contributed by atoms with van der Waals surface area (Å²) < 4.78 is 14.8. The number of halogens is 1. The third-order valence-corrected chi connectivity index (χ3v) is 3.00. The molecule has 1 aromatic carbocycles. The second kappa shape index (κ2) is 6.33. The molecule has 0 atom stereocenters. The second-order valence-electron chi connectivity index (χ2n) is 4.63. The number of benzene rings is 1. The summed E-state index contributed by atoms with van der Waals surface area (Å²) in [6, 6.07) is 6.40. The number of likely N-dealkylation sites (N-methyl/N-ethyl adjacent to an activating group) is 1. The zero-order valence-corrected chi connectivity index (χ0v) is 11.3. The van der Waals surface area contributed by atoms with Crippen LogP contribution in [0.25, 0.3) is 0 Å². The van der Waals surface area contributed by atoms with Crippen molar-refractivity contribution in [1.29, 1.82) is 0 Å². The fraction of sp³-hybridized carbons (Fsp3) is 0.357. The smallest absolute Gasteiger partial charge is 0.123 e. The largest absolute Gasteiger partial charge is 0.384 e. The minimum absolute atomic E-state index is 0.211. The van der Waals surface area contributed by atoms with Gasteiger partial charge in [0.15, 0.2) is 0 Å². The summed E-state index contributed by atoms with van der Waals surface area (Å²) in [5, 5.41) is 3.26. The van der Waals surface area contributed by atoms with E-state index in [9.17, 15) is 4.39 Å². The van der Waals surface area contributed by atoms with Gasteiger partial charge in [0.1, 0.15) is 11.6 Å². The van der Waals surface area contributed by atoms with Gasteiger partial charge >= 0.3 is 0 Å². The Hall–Kier alpha value is -1.88. The van der Waals surface area contributed by atoms with Crippen LogP contribution in [0.1, 0.15) is 5.82 Å². The molecule has 1 N–H and O–H groups in total. The molecule has 0 aliphatic heterocycles. The molecule has 2 rings (SSSR count). The van der Waals surface area contributed by atoms with Gasteiger partial charge in [0.25, 0.3) is 0 Å². The van der Waals surface area contributed by atoms with Gasteiger partial charge in [-0.25, -0.2) is 9.37 Å². The first-order valence-corrected chi connectivity index (χ1v) is 6.29. The number of imidazole rings is 1. The Balaban J connectivity index is 1.73. The minimum atomic E-state index is -0.211. The summed E-state index contributed by atoms with van der Waals surface area (Å²) in [6.07, 6.45) is 3.75. The summed E-state index contributed by atoms with van der Waals surface area (Å²) in [4.78, 5) is 6.48. The van der Waals surface area contributed by atoms with E-state index in [-0.39, 0.29) is 5.82 Å². The topological polar surface area (TPSA) is 33.1 Å². The van der Waals surface area contributed by atoms with Crippen LogP contribution in [0.4, 0.5) is 10.1 Å². The molecule has 19 heavy (non-hydrogen) atoms. The van der Waals surface area contributed by atoms with E-state index in [2.05, 4.69) is 22.2 Å². The Kier molecular flexibility index (Phi) is 4.52. The number of nitrogens with zero attached hydrogens (tertiary/aromatic N) is 3. The van der Waals surface area contributed by atoms with Gasteiger partial charge in [-0.05, 0) is 31.3 Å². The minimum Gasteiger partial charge on any atom is -0.384 e. The molecule has 2 aromatic rings. The van der Waals surface area contributed by atoms with E-state index in [1.54, 1.807) is 18.3 Å². The fourth-order valence-electron chi connectivity index (χ4n) is 1.83. The molecule has 5 heteroatoms. The second-order valence-corrected chi connectivity index (χ2v) is 4.63. The van der Waals surface area contributed by atoms with Gasteiger partial charge in [-0.1, -0.05) is 0 Å². The van der Waals surface area contributed by atoms with Crippen molar-refractivity contribution in [3.05, 3.63) is 48.3 Å². The van der Waals surface area contributed by atoms with Crippen molar-refractivity contribution in [3.8, 4) is 0 Å². The number of anilines is 1. The molecule has 0 aliphatic carbocycles. The molecular formula is C14H19FN4. The van der Waals surface area contributed by atoms with Gasteiger partial charge in [-0.15, -0.1) is 0 Å². The third kappa shape index (κ3) is 4.06. The molecule has 0 aliphatic rings. The van der Waals surface area contributed by atoms with Crippen LogP contribution in [0.15, 0.2) is 36.7 Å². The summed E-state index contributed by atoms with van der Waals surface area (Å²) in [5.41, 5.74) is 0.937. The lowest BCUT2D eigenvalue weighted by atomic mass is 10.3. The van der Waals surface area contributed by atoms with Gasteiger partial charge in [0, 0.05) is 38.2 Å². The zero-order chi connectivity index (χ0) is 13.7. The van der Waals surface area contributed by atoms with Crippen molar-refractivity contribution in [3.63, 3.8) is 0 Å². The molecule has 4 nitrogen and oxygen atoms in total. The first-order chi connectivity index (χ1) is 9.15. The Bertz CT molecular complexity index is 506. The van der Waals surface area contributed by atoms with Crippen LogP contribution >= 0.6 is 0 Å². The molecule has 0 amide bonds. The number of aryl methyl sites for hydroxylation is 1. The molecule has 0 saturated carbocycles. The highest BCUT2D eigenvalue weighted by molar-refractivity contribution is 5.42. The van der Waals surface area contributed by atoms with Crippen LogP contribution in [0, 0.1) is 5.82 Å². The van der Waals surface area contributed by atoms with Gasteiger partial charge in [0.2, 0.25) is 0 Å². The molecule has 0 bridgehead atoms. The molecule has 1 aromatic heterocycles. The maximum atomic E-state index is 12.7. The van der Waals surface area contributed by atoms with E-state index in [1.165, 1.54) is 12.1 Å². The fourth-order valence-corrected chi connectivity index (χ4v) is 1.83. The summed E-state index contributed by atoms with van der Waals surface area (Å²) in [5.74, 6) is 0.835. The standard InChI is InChI=1S/C14H19FN4/c1-18(11-14-17-8-10-19(14)2)9-7-16-13-5-3-12(15)4-6-13/h3-6,8,10,16H,7,9,11H2,1-2H3. The van der Waals surface area contributed by atoms with Crippen molar-refractivity contribution in [2.24, 2.45) is 7.05 Å². The average molecular weight is 262 g/mol. The predicted octanol–water partition coefficient (Wildman–Crippen LogP) is 2.10. The number of rotatable bonds is 6. The van der Waals surface area contributed by atoms with Crippen LogP contribution < -0.4 is 5.32 Å². The van der Waals surface area contributed by atoms with E-state index >= 15 is 0 Å². The predicted molar refractivity (Wildman–Crippen MR) is 74.4 cm³/mol. The molecule has 0 radical (unpaired) electrons. The number of hydrogen-bond donors (Lipinski definition) is 1. The summed E-state index contributed by atoms with van der Waals surface area (Å²) in [6.45, 7) is 2.52. The normalized spacial score (nSPS) is 10.9. The lowest BCUT2D eigenvalue weighted by molar-refractivity contribution is 0.327. The highest BCUT2D eigenvalue weighted by Crippen LogP contribution is 2.07. The number of hydrogen-bond acceptors (Lipinski definition) is 3. The lowest BCUT2D eigenvalue weighted by Crippen LogP contribution is -2.26. The SMILES string of the molecule is CN(CCNc1ccc(F)cc1)Cc1nccn1C. The Morgan fingerprint density at radius 1 is 1.32 bits per heavy atom. The average Bonchev–Trinajstić information content (AvgIpc) is 2.78. The van der Waals surface area contributed by atoms with Crippen molar-refractivity contribution in [2.45, 2.75) is 6.54 Å². The monoisotopic (exact) mass is 262 g/mol. The Morgan fingerprint density at radius 2 is 2.05 bits per heavy atom. The quantitative estimate of drug-likeness (QED) is 0.865. The molecule has 1 heterocycles. The van der Waals surface area contributed by atoms with Gasteiger partial charge in [-0.3, -0.25) is 4.90 Å². The first kappa shape index (κ1) is 13.5. The zero-order valence-electron chi connectivity index (χ0n) is 11.3. The van der Waals surface area contributed by atoms with E-state index < -0.39 is 0 Å². The lowest BCUT2D eigenvalue weighted by Gasteiger charge is -2.17. The molecule has 0 fully saturated rings. The maximum Gasteiger partial charge on any atom is 0.123 e. The Labute approximate surface area is 112 Å². The van der Waals surface area contributed by atoms with Gasteiger partial charge in [-0.2, -0.15) is 0 Å². The van der Waals surface area contributed by atoms with Crippen LogP contribution in [-0.4, -0.2) is 34.6 Å². The van der Waals surface area contributed by atoms with Crippen molar-refractivity contribution in [1.82, 2.24) is 14.5 Å². The molecule has 0 unspecified atom stereocenters. The third-order valence-electron chi connectivity index (χ3n) is 3.00. The van der Waals surface area contributed by atoms with Crippen LogP contribution in [-0.2, 0) is 13.6 Å². The molecule has 102 valence electrons. The van der Waals surface area contributed by atoms with Crippen LogP contribution in [0.5, 0.6) is 0 Å². The Morgan fingerprint density at radius 3 is 2.68 bits per heavy atom. The van der Waals surface area contributed by atoms with E-state index in [0.29, 0.717) is 0 Å². The van der Waals surface area contributed by atoms with Gasteiger partial charge in [0.05, 0.1) is 6.54 Å². The van der Waals surface area contributed by atoms with Crippen LogP contribution in [0.2, 0.25) is 0 Å². The van der Waals surface area contributed by atoms with Crippen molar-refractivity contribution >= 4 is 5.69 Å². The van der Waals surface area contributed by atoms with Crippen molar-refractivity contribution in [2.75, 3.05) is 25.5 Å². The van der Waals surface area contributed by atoms with Gasteiger partial charge < -0.3 is 9.88 Å². The maximum absolute atomic E-state index is 12.7. The number of aromatic nitrogens is 2. The highest BCUT2D eigenvalue weighted by atomic mass is 19.1. The van der Waals surface area contributed by atoms with E-state index in [1.807, 2.05) is 17.8 Å². The molecule has 0 spiro atoms. The van der Waals surface area contributed by atoms with E-state index in [4.69, 9.17) is 0 Å². The highest BCUT2D eigenvalue weighted by Gasteiger charge is 2.04. The molecule has 0 saturated heterocycles. The summed E-state index contributed by atoms with van der Waals surface area (Å²) >= 11 is 0. The first-order valence-electron chi connectivity index (χ1n) is 6.29. The van der Waals surface area contributed by atoms with Crippen molar-refractivity contribution < 1.29 is 4.39 Å². The van der Waals surface area contributed by atoms with E-state index in [0.717, 1.165) is 31.1 Å². The number of nitrogens with one attached hydrogen (secondary N) is 1. The van der Waals surface area contributed by atoms with Crippen LogP contribution in [0.3, 0.4) is 0 Å². The summed E-state index contributed by atoms with van der Waals surface area (Å²) in [7, 11) is 4.05. The molecular weight excluding hydrogens is 243 g/mol.